The number of hydrogen-bond acceptors (Lipinski definition) is 3. The molecular weight excluding hydrogens is 249 g/mol. The molecular formula is C14H20FNO3. The molecule has 0 fully saturated rings. The number of nitrogens with zero attached hydrogens (tertiary/aromatic N) is 1. The maximum atomic E-state index is 13.5. The van der Waals surface area contributed by atoms with Crippen molar-refractivity contribution in [1.29, 1.82) is 0 Å². The molecule has 0 aliphatic heterocycles. The molecule has 5 heteroatoms. The van der Waals surface area contributed by atoms with Crippen LogP contribution in [-0.4, -0.2) is 42.3 Å². The SMILES string of the molecule is CCOCCN(CC)Cc1ccc(C(=O)O)c(F)c1. The molecule has 4 nitrogen and oxygen atoms in total. The highest BCUT2D eigenvalue weighted by Gasteiger charge is 2.11. The quantitative estimate of drug-likeness (QED) is 0.736. The first-order valence-electron chi connectivity index (χ1n) is 6.40. The first-order valence-corrected chi connectivity index (χ1v) is 6.40. The molecule has 1 aromatic carbocycles. The van der Waals surface area contributed by atoms with Crippen molar-refractivity contribution in [3.05, 3.63) is 35.1 Å². The van der Waals surface area contributed by atoms with Crippen LogP contribution in [0.3, 0.4) is 0 Å². The summed E-state index contributed by atoms with van der Waals surface area (Å²) < 4.78 is 18.8. The van der Waals surface area contributed by atoms with Crippen molar-refractivity contribution in [2.45, 2.75) is 20.4 Å². The van der Waals surface area contributed by atoms with Crippen LogP contribution in [0.15, 0.2) is 18.2 Å². The van der Waals surface area contributed by atoms with Gasteiger partial charge in [0, 0.05) is 19.7 Å². The van der Waals surface area contributed by atoms with E-state index < -0.39 is 11.8 Å². The maximum Gasteiger partial charge on any atom is 0.338 e. The molecule has 0 spiro atoms. The predicted octanol–water partition coefficient (Wildman–Crippen LogP) is 2.38. The van der Waals surface area contributed by atoms with Gasteiger partial charge in [-0.1, -0.05) is 13.0 Å². The fourth-order valence-corrected chi connectivity index (χ4v) is 1.78. The van der Waals surface area contributed by atoms with E-state index in [0.717, 1.165) is 18.7 Å². The molecule has 0 bridgehead atoms. The molecule has 1 rings (SSSR count). The topological polar surface area (TPSA) is 49.8 Å². The van der Waals surface area contributed by atoms with E-state index in [0.29, 0.717) is 19.8 Å². The number of halogens is 1. The second kappa shape index (κ2) is 7.86. The van der Waals surface area contributed by atoms with Gasteiger partial charge in [-0.25, -0.2) is 9.18 Å². The van der Waals surface area contributed by atoms with E-state index >= 15 is 0 Å². The Morgan fingerprint density at radius 1 is 1.42 bits per heavy atom. The summed E-state index contributed by atoms with van der Waals surface area (Å²) in [6, 6.07) is 4.24. The average molecular weight is 269 g/mol. The van der Waals surface area contributed by atoms with Crippen molar-refractivity contribution in [3.63, 3.8) is 0 Å². The normalized spacial score (nSPS) is 10.9. The third kappa shape index (κ3) is 4.96. The number of benzene rings is 1. The van der Waals surface area contributed by atoms with Crippen molar-refractivity contribution in [2.75, 3.05) is 26.3 Å². The van der Waals surface area contributed by atoms with Crippen LogP contribution in [0.1, 0.15) is 29.8 Å². The fourth-order valence-electron chi connectivity index (χ4n) is 1.78. The van der Waals surface area contributed by atoms with Crippen LogP contribution < -0.4 is 0 Å². The van der Waals surface area contributed by atoms with Crippen LogP contribution in [0, 0.1) is 5.82 Å². The Kier molecular flexibility index (Phi) is 6.45. The molecule has 1 N–H and O–H groups in total. The Hall–Kier alpha value is -1.46. The van der Waals surface area contributed by atoms with Crippen LogP contribution in [-0.2, 0) is 11.3 Å². The molecule has 0 atom stereocenters. The summed E-state index contributed by atoms with van der Waals surface area (Å²) in [4.78, 5) is 12.8. The summed E-state index contributed by atoms with van der Waals surface area (Å²) >= 11 is 0. The largest absolute Gasteiger partial charge is 0.478 e. The highest BCUT2D eigenvalue weighted by Crippen LogP contribution is 2.12. The van der Waals surface area contributed by atoms with Gasteiger partial charge in [0.2, 0.25) is 0 Å². The molecule has 0 unspecified atom stereocenters. The van der Waals surface area contributed by atoms with Crippen molar-refractivity contribution in [3.8, 4) is 0 Å². The third-order valence-corrected chi connectivity index (χ3v) is 2.87. The predicted molar refractivity (Wildman–Crippen MR) is 70.8 cm³/mol. The van der Waals surface area contributed by atoms with Gasteiger partial charge in [0.1, 0.15) is 5.82 Å². The lowest BCUT2D eigenvalue weighted by molar-refractivity contribution is 0.0692. The molecule has 0 radical (unpaired) electrons. The molecule has 0 saturated carbocycles. The Labute approximate surface area is 112 Å². The zero-order valence-electron chi connectivity index (χ0n) is 11.4. The molecule has 0 heterocycles. The van der Waals surface area contributed by atoms with Gasteiger partial charge in [-0.15, -0.1) is 0 Å². The second-order valence-corrected chi connectivity index (χ2v) is 4.19. The monoisotopic (exact) mass is 269 g/mol. The summed E-state index contributed by atoms with van der Waals surface area (Å²) in [5.41, 5.74) is 0.474. The van der Waals surface area contributed by atoms with Crippen LogP contribution >= 0.6 is 0 Å². The van der Waals surface area contributed by atoms with Gasteiger partial charge in [0.25, 0.3) is 0 Å². The van der Waals surface area contributed by atoms with Crippen molar-refractivity contribution in [1.82, 2.24) is 4.90 Å². The van der Waals surface area contributed by atoms with E-state index in [9.17, 15) is 9.18 Å². The zero-order valence-corrected chi connectivity index (χ0v) is 11.4. The number of carbonyl (C=O) groups is 1. The van der Waals surface area contributed by atoms with E-state index in [2.05, 4.69) is 4.90 Å². The van der Waals surface area contributed by atoms with Crippen molar-refractivity contribution < 1.29 is 19.0 Å². The van der Waals surface area contributed by atoms with Crippen LogP contribution in [0.4, 0.5) is 4.39 Å². The highest BCUT2D eigenvalue weighted by molar-refractivity contribution is 5.87. The first kappa shape index (κ1) is 15.6. The Balaban J connectivity index is 2.64. The summed E-state index contributed by atoms with van der Waals surface area (Å²) in [5, 5.41) is 8.76. The summed E-state index contributed by atoms with van der Waals surface area (Å²) in [7, 11) is 0. The van der Waals surface area contributed by atoms with E-state index in [1.807, 2.05) is 13.8 Å². The number of aromatic carboxylic acids is 1. The van der Waals surface area contributed by atoms with Gasteiger partial charge in [0.05, 0.1) is 12.2 Å². The van der Waals surface area contributed by atoms with E-state index in [4.69, 9.17) is 9.84 Å². The van der Waals surface area contributed by atoms with Crippen LogP contribution in [0.2, 0.25) is 0 Å². The molecule has 19 heavy (non-hydrogen) atoms. The number of hydrogen-bond donors (Lipinski definition) is 1. The lowest BCUT2D eigenvalue weighted by Gasteiger charge is -2.20. The minimum Gasteiger partial charge on any atom is -0.478 e. The van der Waals surface area contributed by atoms with Gasteiger partial charge < -0.3 is 9.84 Å². The molecule has 0 aromatic heterocycles. The summed E-state index contributed by atoms with van der Waals surface area (Å²) in [6.07, 6.45) is 0. The number of ether oxygens (including phenoxy) is 1. The second-order valence-electron chi connectivity index (χ2n) is 4.19. The van der Waals surface area contributed by atoms with E-state index in [-0.39, 0.29) is 5.56 Å². The van der Waals surface area contributed by atoms with Gasteiger partial charge in [-0.2, -0.15) is 0 Å². The smallest absolute Gasteiger partial charge is 0.338 e. The van der Waals surface area contributed by atoms with Crippen LogP contribution in [0.25, 0.3) is 0 Å². The third-order valence-electron chi connectivity index (χ3n) is 2.87. The van der Waals surface area contributed by atoms with E-state index in [1.165, 1.54) is 12.1 Å². The molecule has 0 saturated heterocycles. The maximum absolute atomic E-state index is 13.5. The molecule has 1 aromatic rings. The number of rotatable bonds is 8. The van der Waals surface area contributed by atoms with Gasteiger partial charge in [-0.05, 0) is 31.2 Å². The Bertz CT molecular complexity index is 423. The van der Waals surface area contributed by atoms with Crippen molar-refractivity contribution >= 4 is 5.97 Å². The zero-order chi connectivity index (χ0) is 14.3. The molecule has 0 aliphatic rings. The van der Waals surface area contributed by atoms with Crippen molar-refractivity contribution in [2.24, 2.45) is 0 Å². The summed E-state index contributed by atoms with van der Waals surface area (Å²) in [6.45, 7) is 7.46. The Morgan fingerprint density at radius 3 is 2.68 bits per heavy atom. The lowest BCUT2D eigenvalue weighted by Crippen LogP contribution is -2.27. The summed E-state index contributed by atoms with van der Waals surface area (Å²) in [5.74, 6) is -1.93. The fraction of sp³-hybridized carbons (Fsp3) is 0.500. The minimum atomic E-state index is -1.24. The minimum absolute atomic E-state index is 0.291. The van der Waals surface area contributed by atoms with Crippen LogP contribution in [0.5, 0.6) is 0 Å². The molecule has 0 amide bonds. The van der Waals surface area contributed by atoms with Gasteiger partial charge in [0.15, 0.2) is 0 Å². The first-order chi connectivity index (χ1) is 9.08. The van der Waals surface area contributed by atoms with E-state index in [1.54, 1.807) is 6.07 Å². The molecule has 106 valence electrons. The van der Waals surface area contributed by atoms with Gasteiger partial charge >= 0.3 is 5.97 Å². The Morgan fingerprint density at radius 2 is 2.16 bits per heavy atom. The van der Waals surface area contributed by atoms with Gasteiger partial charge in [-0.3, -0.25) is 4.90 Å². The lowest BCUT2D eigenvalue weighted by atomic mass is 10.1. The average Bonchev–Trinajstić information content (AvgIpc) is 2.37. The standard InChI is InChI=1S/C14H20FNO3/c1-3-16(7-8-19-4-2)10-11-5-6-12(14(17)18)13(15)9-11/h5-6,9H,3-4,7-8,10H2,1-2H3,(H,17,18). The number of carboxylic acids is 1. The molecule has 0 aliphatic carbocycles. The number of likely N-dealkylation sites (N-methyl/N-ethyl adjacent to an activating group) is 1. The highest BCUT2D eigenvalue weighted by atomic mass is 19.1. The number of carboxylic acid groups (broad SMARTS) is 1.